The molecule has 0 spiro atoms. The second-order valence-corrected chi connectivity index (χ2v) is 6.49. The molecule has 8 heteroatoms. The molecule has 3 rings (SSSR count). The van der Waals surface area contributed by atoms with Gasteiger partial charge in [0, 0.05) is 32.2 Å². The highest BCUT2D eigenvalue weighted by molar-refractivity contribution is 5.92. The van der Waals surface area contributed by atoms with Gasteiger partial charge in [-0.25, -0.2) is 9.18 Å². The molecule has 1 aliphatic heterocycles. The van der Waals surface area contributed by atoms with Crippen LogP contribution < -0.4 is 10.1 Å². The lowest BCUT2D eigenvalue weighted by Crippen LogP contribution is -2.51. The summed E-state index contributed by atoms with van der Waals surface area (Å²) in [6.07, 6.45) is 1.38. The van der Waals surface area contributed by atoms with Gasteiger partial charge in [0.1, 0.15) is 11.6 Å². The van der Waals surface area contributed by atoms with Gasteiger partial charge in [-0.1, -0.05) is 0 Å². The van der Waals surface area contributed by atoms with Crippen molar-refractivity contribution in [1.82, 2.24) is 9.80 Å². The highest BCUT2D eigenvalue weighted by Crippen LogP contribution is 2.22. The molecule has 3 amide bonds. The van der Waals surface area contributed by atoms with Gasteiger partial charge in [-0.15, -0.1) is 0 Å². The van der Waals surface area contributed by atoms with E-state index in [1.54, 1.807) is 28.0 Å². The summed E-state index contributed by atoms with van der Waals surface area (Å²) in [5.41, 5.74) is 0.0881. The van der Waals surface area contributed by atoms with Crippen LogP contribution in [0.3, 0.4) is 0 Å². The lowest BCUT2D eigenvalue weighted by Gasteiger charge is -2.34. The summed E-state index contributed by atoms with van der Waals surface area (Å²) in [5.74, 6) is -0.0794. The number of urea groups is 1. The van der Waals surface area contributed by atoms with E-state index in [1.165, 1.54) is 18.4 Å². The van der Waals surface area contributed by atoms with Crippen LogP contribution in [0.2, 0.25) is 0 Å². The van der Waals surface area contributed by atoms with Crippen molar-refractivity contribution in [2.45, 2.75) is 20.0 Å². The first-order chi connectivity index (χ1) is 12.9. The first kappa shape index (κ1) is 18.8. The van der Waals surface area contributed by atoms with Crippen LogP contribution in [0.4, 0.5) is 14.9 Å². The topological polar surface area (TPSA) is 75.0 Å². The number of anilines is 1. The number of rotatable bonds is 4. The largest absolute Gasteiger partial charge is 0.491 e. The number of nitrogens with zero attached hydrogens (tertiary/aromatic N) is 2. The zero-order valence-electron chi connectivity index (χ0n) is 15.3. The molecule has 0 aliphatic carbocycles. The zero-order valence-corrected chi connectivity index (χ0v) is 15.3. The summed E-state index contributed by atoms with van der Waals surface area (Å²) in [6.45, 7) is 5.18. The minimum absolute atomic E-state index is 0.0648. The maximum atomic E-state index is 14.2. The van der Waals surface area contributed by atoms with Crippen molar-refractivity contribution in [3.63, 3.8) is 0 Å². The molecule has 1 fully saturated rings. The maximum absolute atomic E-state index is 14.2. The SMILES string of the molecule is CC(C)Oc1ccc(NC(=O)N2CCN(C(=O)c3ccco3)CC2)c(F)c1. The molecule has 0 bridgehead atoms. The van der Waals surface area contributed by atoms with Crippen molar-refractivity contribution in [1.29, 1.82) is 0 Å². The number of benzene rings is 1. The van der Waals surface area contributed by atoms with Gasteiger partial charge >= 0.3 is 6.03 Å². The maximum Gasteiger partial charge on any atom is 0.322 e. The van der Waals surface area contributed by atoms with Gasteiger partial charge in [-0.2, -0.15) is 0 Å². The smallest absolute Gasteiger partial charge is 0.322 e. The van der Waals surface area contributed by atoms with E-state index in [0.717, 1.165) is 0 Å². The van der Waals surface area contributed by atoms with Crippen LogP contribution in [0.1, 0.15) is 24.4 Å². The fraction of sp³-hybridized carbons (Fsp3) is 0.368. The van der Waals surface area contributed by atoms with Crippen molar-refractivity contribution < 1.29 is 23.1 Å². The highest BCUT2D eigenvalue weighted by Gasteiger charge is 2.26. The monoisotopic (exact) mass is 375 g/mol. The Bertz CT molecular complexity index is 799. The quantitative estimate of drug-likeness (QED) is 0.891. The Balaban J connectivity index is 1.54. The molecule has 0 atom stereocenters. The second kappa shape index (κ2) is 8.11. The highest BCUT2D eigenvalue weighted by atomic mass is 19.1. The standard InChI is InChI=1S/C19H22FN3O4/c1-13(2)27-14-5-6-16(15(20)12-14)21-19(25)23-9-7-22(8-10-23)18(24)17-4-3-11-26-17/h3-6,11-13H,7-10H2,1-2H3,(H,21,25). The average molecular weight is 375 g/mol. The van der Waals surface area contributed by atoms with Crippen LogP contribution in [0, 0.1) is 5.82 Å². The molecule has 2 aromatic rings. The molecule has 27 heavy (non-hydrogen) atoms. The third kappa shape index (κ3) is 4.58. The van der Waals surface area contributed by atoms with E-state index >= 15 is 0 Å². The zero-order chi connectivity index (χ0) is 19.4. The van der Waals surface area contributed by atoms with Gasteiger partial charge in [-0.05, 0) is 38.1 Å². The van der Waals surface area contributed by atoms with Crippen LogP contribution in [0.15, 0.2) is 41.0 Å². The van der Waals surface area contributed by atoms with Crippen molar-refractivity contribution in [2.24, 2.45) is 0 Å². The fourth-order valence-corrected chi connectivity index (χ4v) is 2.81. The van der Waals surface area contributed by atoms with Gasteiger partial charge < -0.3 is 24.3 Å². The summed E-state index contributed by atoms with van der Waals surface area (Å²) in [7, 11) is 0. The van der Waals surface area contributed by atoms with E-state index in [0.29, 0.717) is 31.9 Å². The van der Waals surface area contributed by atoms with E-state index in [9.17, 15) is 14.0 Å². The number of ether oxygens (including phenoxy) is 1. The van der Waals surface area contributed by atoms with Gasteiger partial charge in [0.25, 0.3) is 5.91 Å². The first-order valence-electron chi connectivity index (χ1n) is 8.79. The Morgan fingerprint density at radius 1 is 1.15 bits per heavy atom. The summed E-state index contributed by atoms with van der Waals surface area (Å²) in [6, 6.07) is 7.19. The van der Waals surface area contributed by atoms with Crippen molar-refractivity contribution in [3.8, 4) is 5.75 Å². The van der Waals surface area contributed by atoms with Crippen LogP contribution in [0.25, 0.3) is 0 Å². The number of nitrogens with one attached hydrogen (secondary N) is 1. The number of furan rings is 1. The van der Waals surface area contributed by atoms with E-state index < -0.39 is 11.8 Å². The Morgan fingerprint density at radius 3 is 2.44 bits per heavy atom. The minimum Gasteiger partial charge on any atom is -0.491 e. The summed E-state index contributed by atoms with van der Waals surface area (Å²) in [4.78, 5) is 27.8. The molecule has 7 nitrogen and oxygen atoms in total. The number of carbonyl (C=O) groups excluding carboxylic acids is 2. The van der Waals surface area contributed by atoms with Crippen LogP contribution in [-0.4, -0.2) is 54.0 Å². The van der Waals surface area contributed by atoms with E-state index in [-0.39, 0.29) is 23.5 Å². The number of carbonyl (C=O) groups is 2. The molecular weight excluding hydrogens is 353 g/mol. The molecule has 2 heterocycles. The molecule has 0 unspecified atom stereocenters. The summed E-state index contributed by atoms with van der Waals surface area (Å²) < 4.78 is 24.7. The van der Waals surface area contributed by atoms with Gasteiger partial charge in [0.2, 0.25) is 0 Å². The molecule has 0 radical (unpaired) electrons. The Morgan fingerprint density at radius 2 is 1.85 bits per heavy atom. The van der Waals surface area contributed by atoms with E-state index in [2.05, 4.69) is 5.32 Å². The molecule has 1 N–H and O–H groups in total. The summed E-state index contributed by atoms with van der Waals surface area (Å²) in [5, 5.41) is 2.57. The van der Waals surface area contributed by atoms with Crippen LogP contribution in [0.5, 0.6) is 5.75 Å². The predicted octanol–water partition coefficient (Wildman–Crippen LogP) is 3.20. The van der Waals surface area contributed by atoms with Crippen molar-refractivity contribution in [2.75, 3.05) is 31.5 Å². The number of hydrogen-bond donors (Lipinski definition) is 1. The third-order valence-electron chi connectivity index (χ3n) is 4.14. The van der Waals surface area contributed by atoms with Crippen LogP contribution in [-0.2, 0) is 0 Å². The van der Waals surface area contributed by atoms with Crippen molar-refractivity contribution in [3.05, 3.63) is 48.2 Å². The molecule has 1 saturated heterocycles. The molecule has 1 aliphatic rings. The summed E-state index contributed by atoms with van der Waals surface area (Å²) >= 11 is 0. The van der Waals surface area contributed by atoms with Crippen molar-refractivity contribution >= 4 is 17.6 Å². The number of amides is 3. The molecule has 144 valence electrons. The number of hydrogen-bond acceptors (Lipinski definition) is 4. The van der Waals surface area contributed by atoms with Gasteiger partial charge in [-0.3, -0.25) is 4.79 Å². The third-order valence-corrected chi connectivity index (χ3v) is 4.14. The molecule has 1 aromatic heterocycles. The minimum atomic E-state index is -0.562. The molecule has 1 aromatic carbocycles. The molecule has 0 saturated carbocycles. The number of piperazine rings is 1. The predicted molar refractivity (Wildman–Crippen MR) is 97.4 cm³/mol. The molecular formula is C19H22FN3O4. The fourth-order valence-electron chi connectivity index (χ4n) is 2.81. The lowest BCUT2D eigenvalue weighted by molar-refractivity contribution is 0.0640. The number of halogens is 1. The lowest BCUT2D eigenvalue weighted by atomic mass is 10.2. The average Bonchev–Trinajstić information content (AvgIpc) is 3.17. The van der Waals surface area contributed by atoms with E-state index in [1.807, 2.05) is 13.8 Å². The van der Waals surface area contributed by atoms with Gasteiger partial charge in [0.15, 0.2) is 5.76 Å². The Kier molecular flexibility index (Phi) is 5.63. The first-order valence-corrected chi connectivity index (χ1v) is 8.79. The Hall–Kier alpha value is -3.03. The van der Waals surface area contributed by atoms with Gasteiger partial charge in [0.05, 0.1) is 18.1 Å². The van der Waals surface area contributed by atoms with Crippen LogP contribution >= 0.6 is 0 Å². The second-order valence-electron chi connectivity index (χ2n) is 6.49. The van der Waals surface area contributed by atoms with E-state index in [4.69, 9.17) is 9.15 Å². The Labute approximate surface area is 156 Å². The normalized spacial score (nSPS) is 14.4.